The summed E-state index contributed by atoms with van der Waals surface area (Å²) in [4.78, 5) is 23.8. The number of aliphatic hydroxyl groups is 1. The molecule has 1 aromatic heterocycles. The fraction of sp³-hybridized carbons (Fsp3) is 0.462. The maximum Gasteiger partial charge on any atom is 0.343 e. The Hall–Kier alpha value is -3.06. The first-order valence-electron chi connectivity index (χ1n) is 11.2. The molecule has 2 aliphatic heterocycles. The van der Waals surface area contributed by atoms with Crippen LogP contribution in [-0.4, -0.2) is 29.9 Å². The Bertz CT molecular complexity index is 994. The van der Waals surface area contributed by atoms with Crippen molar-refractivity contribution in [3.05, 3.63) is 70.6 Å². The number of ether oxygens (including phenoxy) is 3. The molecule has 0 aromatic carbocycles. The maximum atomic E-state index is 12.3. The highest BCUT2D eigenvalue weighted by Crippen LogP contribution is 2.32. The van der Waals surface area contributed by atoms with Crippen LogP contribution in [0.25, 0.3) is 0 Å². The molecule has 0 radical (unpaired) electrons. The summed E-state index contributed by atoms with van der Waals surface area (Å²) in [6, 6.07) is 1.83. The first-order valence-corrected chi connectivity index (χ1v) is 11.2. The fourth-order valence-corrected chi connectivity index (χ4v) is 3.90. The van der Waals surface area contributed by atoms with E-state index in [4.69, 9.17) is 18.6 Å². The second kappa shape index (κ2) is 10.7. The van der Waals surface area contributed by atoms with E-state index < -0.39 is 11.8 Å². The molecule has 0 saturated heterocycles. The van der Waals surface area contributed by atoms with Gasteiger partial charge in [0.1, 0.15) is 0 Å². The minimum atomic E-state index is -1.07. The lowest BCUT2D eigenvalue weighted by atomic mass is 10.00. The predicted molar refractivity (Wildman–Crippen MR) is 122 cm³/mol. The Morgan fingerprint density at radius 1 is 1.30 bits per heavy atom. The molecule has 0 aliphatic carbocycles. The lowest BCUT2D eigenvalue weighted by Crippen LogP contribution is -2.33. The number of rotatable bonds is 11. The van der Waals surface area contributed by atoms with Crippen LogP contribution < -0.4 is 0 Å². The van der Waals surface area contributed by atoms with Gasteiger partial charge in [0, 0.05) is 19.1 Å². The molecule has 7 heteroatoms. The molecule has 7 nitrogen and oxygen atoms in total. The molecule has 3 heterocycles. The Balaban J connectivity index is 1.44. The Labute approximate surface area is 194 Å². The number of methoxy groups -OCH3 is 1. The van der Waals surface area contributed by atoms with E-state index in [9.17, 15) is 14.7 Å². The van der Waals surface area contributed by atoms with Crippen LogP contribution >= 0.6 is 0 Å². The normalized spacial score (nSPS) is 23.2. The molecule has 1 N–H and O–H groups in total. The lowest BCUT2D eigenvalue weighted by molar-refractivity contribution is -0.188. The highest BCUT2D eigenvalue weighted by Gasteiger charge is 2.40. The van der Waals surface area contributed by atoms with Gasteiger partial charge in [0.15, 0.2) is 11.5 Å². The molecule has 0 spiro atoms. The zero-order chi connectivity index (χ0) is 24.0. The number of cyclic esters (lactones) is 2. The van der Waals surface area contributed by atoms with Crippen molar-refractivity contribution >= 4 is 11.9 Å². The molecule has 33 heavy (non-hydrogen) atoms. The second-order valence-corrected chi connectivity index (χ2v) is 8.74. The van der Waals surface area contributed by atoms with Crippen molar-refractivity contribution in [2.24, 2.45) is 5.92 Å². The van der Waals surface area contributed by atoms with Crippen LogP contribution in [0.1, 0.15) is 58.4 Å². The zero-order valence-electron chi connectivity index (χ0n) is 19.7. The standard InChI is InChI=1S/C26H32O7/c1-17(7-5-9-18(2)13-22-23(27)19(3)24(28)32-22)8-6-10-21-15-26(30-4,33-25(21)29)14-20-11-12-31-16-20/h7,11-13,15-16,18,27H,5-6,8-10,14H2,1-4H3/t18-,26+/m1/s1. The molecule has 0 fully saturated rings. The smallest absolute Gasteiger partial charge is 0.343 e. The third kappa shape index (κ3) is 6.26. The average Bonchev–Trinajstić information content (AvgIpc) is 3.45. The van der Waals surface area contributed by atoms with Crippen LogP contribution in [-0.2, 0) is 30.2 Å². The number of carbonyl (C=O) groups excluding carboxylic acids is 2. The summed E-state index contributed by atoms with van der Waals surface area (Å²) < 4.78 is 21.2. The minimum absolute atomic E-state index is 0.0689. The van der Waals surface area contributed by atoms with Crippen LogP contribution in [0.15, 0.2) is 69.5 Å². The monoisotopic (exact) mass is 456 g/mol. The summed E-state index contributed by atoms with van der Waals surface area (Å²) in [6.45, 7) is 5.65. The first kappa shape index (κ1) is 24.6. The van der Waals surface area contributed by atoms with Crippen molar-refractivity contribution in [3.63, 3.8) is 0 Å². The topological polar surface area (TPSA) is 95.2 Å². The molecule has 2 atom stereocenters. The largest absolute Gasteiger partial charge is 0.504 e. The van der Waals surface area contributed by atoms with Crippen molar-refractivity contribution in [1.29, 1.82) is 0 Å². The van der Waals surface area contributed by atoms with E-state index in [0.29, 0.717) is 18.4 Å². The first-order chi connectivity index (χ1) is 15.7. The SMILES string of the molecule is CO[C@]1(Cc2ccoc2)C=C(CCCC(C)=CCC[C@@H](C)C=C2OC(=O)C(C)=C2O)C(=O)O1. The van der Waals surface area contributed by atoms with Gasteiger partial charge in [0.05, 0.1) is 18.1 Å². The molecule has 0 amide bonds. The van der Waals surface area contributed by atoms with E-state index >= 15 is 0 Å². The van der Waals surface area contributed by atoms with E-state index in [-0.39, 0.29) is 29.0 Å². The van der Waals surface area contributed by atoms with Crippen molar-refractivity contribution in [1.82, 2.24) is 0 Å². The van der Waals surface area contributed by atoms with Gasteiger partial charge in [0.25, 0.3) is 0 Å². The molecule has 0 saturated carbocycles. The van der Waals surface area contributed by atoms with Crippen molar-refractivity contribution in [2.75, 3.05) is 7.11 Å². The third-order valence-electron chi connectivity index (χ3n) is 5.96. The predicted octanol–water partition coefficient (Wildman–Crippen LogP) is 5.45. The van der Waals surface area contributed by atoms with E-state index in [1.165, 1.54) is 12.7 Å². The van der Waals surface area contributed by atoms with Gasteiger partial charge in [-0.15, -0.1) is 0 Å². The fourth-order valence-electron chi connectivity index (χ4n) is 3.90. The number of allylic oxidation sites excluding steroid dienone is 3. The summed E-state index contributed by atoms with van der Waals surface area (Å²) in [5.74, 6) is -1.55. The van der Waals surface area contributed by atoms with Crippen LogP contribution in [0.3, 0.4) is 0 Å². The van der Waals surface area contributed by atoms with E-state index in [1.807, 2.05) is 13.0 Å². The Kier molecular flexibility index (Phi) is 7.97. The number of hydrogen-bond donors (Lipinski definition) is 1. The molecular weight excluding hydrogens is 424 g/mol. The summed E-state index contributed by atoms with van der Waals surface area (Å²) in [7, 11) is 1.53. The average molecular weight is 457 g/mol. The van der Waals surface area contributed by atoms with Gasteiger partial charge in [-0.3, -0.25) is 0 Å². The van der Waals surface area contributed by atoms with Gasteiger partial charge < -0.3 is 23.7 Å². The summed E-state index contributed by atoms with van der Waals surface area (Å²) in [6.07, 6.45) is 13.5. The molecule has 178 valence electrons. The van der Waals surface area contributed by atoms with Crippen LogP contribution in [0.2, 0.25) is 0 Å². The van der Waals surface area contributed by atoms with Crippen LogP contribution in [0.4, 0.5) is 0 Å². The van der Waals surface area contributed by atoms with Gasteiger partial charge in [-0.1, -0.05) is 18.6 Å². The van der Waals surface area contributed by atoms with Gasteiger partial charge in [-0.05, 0) is 75.7 Å². The molecular formula is C26H32O7. The van der Waals surface area contributed by atoms with Crippen LogP contribution in [0.5, 0.6) is 0 Å². The third-order valence-corrected chi connectivity index (χ3v) is 5.96. The van der Waals surface area contributed by atoms with Crippen LogP contribution in [0, 0.1) is 5.92 Å². The summed E-state index contributed by atoms with van der Waals surface area (Å²) >= 11 is 0. The van der Waals surface area contributed by atoms with Crippen molar-refractivity contribution in [3.8, 4) is 0 Å². The molecule has 0 unspecified atom stereocenters. The van der Waals surface area contributed by atoms with Gasteiger partial charge in [0.2, 0.25) is 5.79 Å². The number of carbonyl (C=O) groups is 2. The molecule has 2 aliphatic rings. The van der Waals surface area contributed by atoms with Crippen molar-refractivity contribution < 1.29 is 33.3 Å². The molecule has 3 rings (SSSR count). The quantitative estimate of drug-likeness (QED) is 0.349. The highest BCUT2D eigenvalue weighted by molar-refractivity contribution is 5.93. The highest BCUT2D eigenvalue weighted by atomic mass is 16.7. The summed E-state index contributed by atoms with van der Waals surface area (Å²) in [5, 5.41) is 9.91. The van der Waals surface area contributed by atoms with E-state index in [1.54, 1.807) is 31.6 Å². The van der Waals surface area contributed by atoms with Gasteiger partial charge >= 0.3 is 11.9 Å². The number of hydrogen-bond acceptors (Lipinski definition) is 7. The second-order valence-electron chi connectivity index (χ2n) is 8.74. The Morgan fingerprint density at radius 2 is 2.09 bits per heavy atom. The van der Waals surface area contributed by atoms with Gasteiger partial charge in [-0.25, -0.2) is 9.59 Å². The zero-order valence-corrected chi connectivity index (χ0v) is 19.7. The van der Waals surface area contributed by atoms with E-state index in [2.05, 4.69) is 13.0 Å². The number of furan rings is 1. The lowest BCUT2D eigenvalue weighted by Gasteiger charge is -2.23. The summed E-state index contributed by atoms with van der Waals surface area (Å²) in [5.41, 5.74) is 3.04. The van der Waals surface area contributed by atoms with Gasteiger partial charge in [-0.2, -0.15) is 0 Å². The maximum absolute atomic E-state index is 12.3. The molecule has 0 bridgehead atoms. The van der Waals surface area contributed by atoms with E-state index in [0.717, 1.165) is 31.2 Å². The van der Waals surface area contributed by atoms with Crippen molar-refractivity contribution in [2.45, 2.75) is 65.1 Å². The minimum Gasteiger partial charge on any atom is -0.504 e. The molecule has 1 aromatic rings. The number of esters is 2. The Morgan fingerprint density at radius 3 is 2.73 bits per heavy atom. The number of aliphatic hydroxyl groups excluding tert-OH is 1.